The van der Waals surface area contributed by atoms with Gasteiger partial charge in [0.2, 0.25) is 0 Å². The topological polar surface area (TPSA) is 69.7 Å². The van der Waals surface area contributed by atoms with E-state index in [1.165, 1.54) is 25.1 Å². The lowest BCUT2D eigenvalue weighted by molar-refractivity contribution is -0.137. The van der Waals surface area contributed by atoms with E-state index in [-0.39, 0.29) is 11.5 Å². The summed E-state index contributed by atoms with van der Waals surface area (Å²) < 4.78 is 73.6. The van der Waals surface area contributed by atoms with Crippen molar-refractivity contribution in [2.45, 2.75) is 31.0 Å². The third kappa shape index (κ3) is 5.36. The Bertz CT molecular complexity index is 958. The first-order valence-corrected chi connectivity index (χ1v) is 9.26. The Morgan fingerprint density at radius 3 is 2.33 bits per heavy atom. The van der Waals surface area contributed by atoms with Gasteiger partial charge in [-0.3, -0.25) is 4.79 Å². The SMILES string of the molecule is Cc1cc(OC(C)C=O)cc(OS(=O)(=O)c2cc(C(F)(F)F)ccc2Cl)c1. The monoisotopic (exact) mass is 422 g/mol. The lowest BCUT2D eigenvalue weighted by atomic mass is 10.2. The number of halogens is 4. The molecule has 0 radical (unpaired) electrons. The maximum absolute atomic E-state index is 12.9. The Kier molecular flexibility index (Phi) is 6.06. The first-order valence-electron chi connectivity index (χ1n) is 7.47. The van der Waals surface area contributed by atoms with Gasteiger partial charge in [-0.15, -0.1) is 0 Å². The van der Waals surface area contributed by atoms with Crippen molar-refractivity contribution in [1.29, 1.82) is 0 Å². The second-order valence-corrected chi connectivity index (χ2v) is 7.54. The van der Waals surface area contributed by atoms with Gasteiger partial charge in [0.05, 0.1) is 10.6 Å². The zero-order valence-corrected chi connectivity index (χ0v) is 15.7. The highest BCUT2D eigenvalue weighted by molar-refractivity contribution is 7.87. The molecule has 0 fully saturated rings. The fourth-order valence-corrected chi connectivity index (χ4v) is 3.53. The molecule has 0 N–H and O–H groups in total. The normalized spacial score (nSPS) is 13.1. The van der Waals surface area contributed by atoms with Crippen LogP contribution in [0.2, 0.25) is 5.02 Å². The van der Waals surface area contributed by atoms with Crippen molar-refractivity contribution >= 4 is 28.0 Å². The summed E-state index contributed by atoms with van der Waals surface area (Å²) in [6, 6.07) is 5.98. The lowest BCUT2D eigenvalue weighted by Crippen LogP contribution is -2.14. The van der Waals surface area contributed by atoms with Gasteiger partial charge >= 0.3 is 16.3 Å². The molecule has 2 aromatic rings. The molecular weight excluding hydrogens is 409 g/mol. The fourth-order valence-electron chi connectivity index (χ4n) is 2.12. The first kappa shape index (κ1) is 21.0. The van der Waals surface area contributed by atoms with E-state index < -0.39 is 37.9 Å². The second-order valence-electron chi connectivity index (χ2n) is 5.62. The number of ether oxygens (including phenoxy) is 1. The summed E-state index contributed by atoms with van der Waals surface area (Å²) in [5.41, 5.74) is -0.631. The van der Waals surface area contributed by atoms with E-state index in [4.69, 9.17) is 20.5 Å². The van der Waals surface area contributed by atoms with Gasteiger partial charge in [-0.2, -0.15) is 21.6 Å². The summed E-state index contributed by atoms with van der Waals surface area (Å²) >= 11 is 5.76. The molecule has 146 valence electrons. The Hall–Kier alpha value is -2.26. The summed E-state index contributed by atoms with van der Waals surface area (Å²) in [6.07, 6.45) is -4.99. The molecule has 5 nitrogen and oxygen atoms in total. The number of hydrogen-bond donors (Lipinski definition) is 0. The van der Waals surface area contributed by atoms with Crippen molar-refractivity contribution in [3.63, 3.8) is 0 Å². The maximum atomic E-state index is 12.9. The van der Waals surface area contributed by atoms with Crippen molar-refractivity contribution in [2.24, 2.45) is 0 Å². The van der Waals surface area contributed by atoms with Gasteiger partial charge in [0.1, 0.15) is 16.4 Å². The second kappa shape index (κ2) is 7.77. The van der Waals surface area contributed by atoms with E-state index in [2.05, 4.69) is 0 Å². The maximum Gasteiger partial charge on any atom is 0.416 e. The molecule has 0 saturated carbocycles. The first-order chi connectivity index (χ1) is 12.4. The van der Waals surface area contributed by atoms with Gasteiger partial charge < -0.3 is 8.92 Å². The smallest absolute Gasteiger partial charge is 0.416 e. The predicted octanol–water partition coefficient (Wildman–Crippen LogP) is 4.40. The number of hydrogen-bond acceptors (Lipinski definition) is 5. The van der Waals surface area contributed by atoms with Crippen molar-refractivity contribution in [3.05, 3.63) is 52.5 Å². The van der Waals surface area contributed by atoms with Crippen molar-refractivity contribution in [2.75, 3.05) is 0 Å². The lowest BCUT2D eigenvalue weighted by Gasteiger charge is -2.14. The molecule has 0 aliphatic carbocycles. The van der Waals surface area contributed by atoms with Crippen LogP contribution in [0.4, 0.5) is 13.2 Å². The van der Waals surface area contributed by atoms with E-state index in [9.17, 15) is 26.4 Å². The fraction of sp³-hybridized carbons (Fsp3) is 0.235. The van der Waals surface area contributed by atoms with Crippen LogP contribution in [0, 0.1) is 6.92 Å². The minimum absolute atomic E-state index is 0.162. The van der Waals surface area contributed by atoms with Crippen LogP contribution in [0.25, 0.3) is 0 Å². The Morgan fingerprint density at radius 1 is 1.11 bits per heavy atom. The largest absolute Gasteiger partial charge is 0.483 e. The predicted molar refractivity (Wildman–Crippen MR) is 91.6 cm³/mol. The molecule has 1 atom stereocenters. The number of carbonyl (C=O) groups is 1. The van der Waals surface area contributed by atoms with Gasteiger partial charge in [0.15, 0.2) is 12.4 Å². The van der Waals surface area contributed by atoms with Crippen molar-refractivity contribution in [3.8, 4) is 11.5 Å². The van der Waals surface area contributed by atoms with Crippen LogP contribution in [0.3, 0.4) is 0 Å². The molecule has 0 spiro atoms. The summed E-state index contributed by atoms with van der Waals surface area (Å²) in [6.45, 7) is 3.10. The molecular formula is C17H14ClF3O5S. The highest BCUT2D eigenvalue weighted by Gasteiger charge is 2.33. The number of aldehydes is 1. The molecule has 0 aliphatic rings. The van der Waals surface area contributed by atoms with Crippen LogP contribution >= 0.6 is 11.6 Å². The third-order valence-electron chi connectivity index (χ3n) is 3.27. The Labute approximate surface area is 158 Å². The van der Waals surface area contributed by atoms with Gasteiger partial charge in [0.25, 0.3) is 0 Å². The summed E-state index contributed by atoms with van der Waals surface area (Å²) in [7, 11) is -4.65. The molecule has 0 heterocycles. The molecule has 0 amide bonds. The molecule has 2 rings (SSSR count). The molecule has 27 heavy (non-hydrogen) atoms. The molecule has 10 heteroatoms. The van der Waals surface area contributed by atoms with E-state index in [1.807, 2.05) is 0 Å². The average Bonchev–Trinajstić information content (AvgIpc) is 2.52. The van der Waals surface area contributed by atoms with Crippen LogP contribution in [-0.4, -0.2) is 20.8 Å². The van der Waals surface area contributed by atoms with E-state index in [1.54, 1.807) is 6.92 Å². The molecule has 2 aromatic carbocycles. The zero-order valence-electron chi connectivity index (χ0n) is 14.1. The van der Waals surface area contributed by atoms with Gasteiger partial charge in [-0.05, 0) is 49.7 Å². The van der Waals surface area contributed by atoms with Gasteiger partial charge in [-0.1, -0.05) is 11.6 Å². The number of alkyl halides is 3. The number of benzene rings is 2. The van der Waals surface area contributed by atoms with E-state index >= 15 is 0 Å². The Morgan fingerprint density at radius 2 is 1.74 bits per heavy atom. The van der Waals surface area contributed by atoms with Crippen LogP contribution in [-0.2, 0) is 21.1 Å². The number of rotatable bonds is 6. The molecule has 0 aliphatic heterocycles. The highest BCUT2D eigenvalue weighted by atomic mass is 35.5. The summed E-state index contributed by atoms with van der Waals surface area (Å²) in [5, 5.41) is -0.415. The van der Waals surface area contributed by atoms with Crippen LogP contribution in [0.15, 0.2) is 41.3 Å². The highest BCUT2D eigenvalue weighted by Crippen LogP contribution is 2.34. The minimum atomic E-state index is -4.75. The zero-order chi connectivity index (χ0) is 20.4. The molecule has 0 aromatic heterocycles. The summed E-state index contributed by atoms with van der Waals surface area (Å²) in [5.74, 6) is -0.0356. The van der Waals surface area contributed by atoms with Crippen molar-refractivity contribution < 1.29 is 35.3 Å². The molecule has 1 unspecified atom stereocenters. The van der Waals surface area contributed by atoms with Crippen LogP contribution < -0.4 is 8.92 Å². The quantitative estimate of drug-likeness (QED) is 0.509. The van der Waals surface area contributed by atoms with Gasteiger partial charge in [0, 0.05) is 6.07 Å². The van der Waals surface area contributed by atoms with E-state index in [0.717, 1.165) is 6.07 Å². The van der Waals surface area contributed by atoms with Crippen molar-refractivity contribution in [1.82, 2.24) is 0 Å². The summed E-state index contributed by atoms with van der Waals surface area (Å²) in [4.78, 5) is 9.87. The van der Waals surface area contributed by atoms with Crippen LogP contribution in [0.5, 0.6) is 11.5 Å². The minimum Gasteiger partial charge on any atom is -0.483 e. The third-order valence-corrected chi connectivity index (χ3v) is 5.00. The van der Waals surface area contributed by atoms with E-state index in [0.29, 0.717) is 24.0 Å². The molecule has 0 saturated heterocycles. The average molecular weight is 423 g/mol. The number of carbonyl (C=O) groups excluding carboxylic acids is 1. The van der Waals surface area contributed by atoms with Crippen LogP contribution in [0.1, 0.15) is 18.1 Å². The Balaban J connectivity index is 2.41. The molecule has 0 bridgehead atoms. The van der Waals surface area contributed by atoms with Gasteiger partial charge in [-0.25, -0.2) is 0 Å². The number of aryl methyl sites for hydroxylation is 1. The standard InChI is InChI=1S/C17H14ClF3O5S/c1-10-5-13(25-11(2)9-22)8-14(6-10)26-27(23,24)16-7-12(17(19,20)21)3-4-15(16)18/h3-9,11H,1-2H3.